The zero-order chi connectivity index (χ0) is 14.3. The number of carboxylic acids is 1. The van der Waals surface area contributed by atoms with Gasteiger partial charge in [0.25, 0.3) is 0 Å². The third kappa shape index (κ3) is 1.98. The molecule has 1 aromatic carbocycles. The number of aliphatic carboxylic acids is 1. The Kier molecular flexibility index (Phi) is 3.01. The molecule has 1 atom stereocenters. The molecular weight excluding hydrogens is 276 g/mol. The van der Waals surface area contributed by atoms with Crippen LogP contribution in [-0.2, 0) is 16.8 Å². The molecule has 7 heteroatoms. The number of thioether (sulfide) groups is 1. The van der Waals surface area contributed by atoms with Gasteiger partial charge in [0.05, 0.1) is 5.25 Å². The molecule has 1 unspecified atom stereocenters. The summed E-state index contributed by atoms with van der Waals surface area (Å²) in [7, 11) is 0. The van der Waals surface area contributed by atoms with Gasteiger partial charge < -0.3 is 5.11 Å². The molecule has 0 saturated carbocycles. The van der Waals surface area contributed by atoms with E-state index in [0.717, 1.165) is 6.42 Å². The molecule has 0 radical (unpaired) electrons. The van der Waals surface area contributed by atoms with E-state index < -0.39 is 11.5 Å². The van der Waals surface area contributed by atoms with Crippen molar-refractivity contribution in [3.05, 3.63) is 35.7 Å². The van der Waals surface area contributed by atoms with Crippen molar-refractivity contribution in [3.8, 4) is 0 Å². The topological polar surface area (TPSA) is 80.9 Å². The van der Waals surface area contributed by atoms with E-state index in [1.807, 2.05) is 12.1 Å². The summed E-state index contributed by atoms with van der Waals surface area (Å²) in [4.78, 5) is 12.6. The van der Waals surface area contributed by atoms with Crippen LogP contribution in [0.2, 0.25) is 0 Å². The van der Waals surface area contributed by atoms with Crippen molar-refractivity contribution in [1.29, 1.82) is 0 Å². The highest BCUT2D eigenvalue weighted by atomic mass is 32.2. The first kappa shape index (κ1) is 13.1. The molecule has 3 rings (SSSR count). The molecule has 0 saturated heterocycles. The quantitative estimate of drug-likeness (QED) is 0.929. The standard InChI is InChI=1S/C13H14N4O2S/c1-13(2,12(18)19)17-11(14-15-16-17)10-7-8-5-3-4-6-9(8)20-10/h3-6,10H,7H2,1-2H3,(H,18,19). The summed E-state index contributed by atoms with van der Waals surface area (Å²) in [6.45, 7) is 3.20. The third-order valence-corrected chi connectivity index (χ3v) is 4.80. The second kappa shape index (κ2) is 4.59. The highest BCUT2D eigenvalue weighted by molar-refractivity contribution is 7.99. The minimum absolute atomic E-state index is 0.0565. The molecule has 0 bridgehead atoms. The number of aromatic nitrogens is 4. The molecule has 0 fully saturated rings. The van der Waals surface area contributed by atoms with Crippen molar-refractivity contribution < 1.29 is 9.90 Å². The summed E-state index contributed by atoms with van der Waals surface area (Å²) in [5.41, 5.74) is 0.0962. The second-order valence-corrected chi connectivity index (χ2v) is 6.48. The number of carboxylic acid groups (broad SMARTS) is 1. The van der Waals surface area contributed by atoms with E-state index in [2.05, 4.69) is 27.7 Å². The molecule has 1 N–H and O–H groups in total. The maximum atomic E-state index is 11.4. The van der Waals surface area contributed by atoms with Gasteiger partial charge in [-0.1, -0.05) is 18.2 Å². The summed E-state index contributed by atoms with van der Waals surface area (Å²) in [5.74, 6) is -0.342. The van der Waals surface area contributed by atoms with Crippen LogP contribution in [0, 0.1) is 0 Å². The fourth-order valence-corrected chi connectivity index (χ4v) is 3.49. The summed E-state index contributed by atoms with van der Waals surface area (Å²) in [6.07, 6.45) is 0.816. The molecule has 6 nitrogen and oxygen atoms in total. The summed E-state index contributed by atoms with van der Waals surface area (Å²) in [6, 6.07) is 8.15. The fourth-order valence-electron chi connectivity index (χ4n) is 2.21. The SMILES string of the molecule is CC(C)(C(=O)O)n1nnnc1C1Cc2ccccc2S1. The van der Waals surface area contributed by atoms with E-state index in [1.165, 1.54) is 15.1 Å². The molecule has 0 aliphatic carbocycles. The van der Waals surface area contributed by atoms with Crippen LogP contribution in [0.3, 0.4) is 0 Å². The monoisotopic (exact) mass is 290 g/mol. The molecule has 1 aliphatic heterocycles. The largest absolute Gasteiger partial charge is 0.479 e. The minimum Gasteiger partial charge on any atom is -0.479 e. The van der Waals surface area contributed by atoms with Gasteiger partial charge in [-0.05, 0) is 42.3 Å². The molecule has 2 aromatic rings. The van der Waals surface area contributed by atoms with Crippen molar-refractivity contribution in [1.82, 2.24) is 20.2 Å². The van der Waals surface area contributed by atoms with Gasteiger partial charge in [-0.2, -0.15) is 0 Å². The zero-order valence-corrected chi connectivity index (χ0v) is 12.0. The first-order chi connectivity index (χ1) is 9.50. The van der Waals surface area contributed by atoms with Crippen LogP contribution < -0.4 is 0 Å². The van der Waals surface area contributed by atoms with Crippen LogP contribution in [0.4, 0.5) is 0 Å². The number of rotatable bonds is 3. The van der Waals surface area contributed by atoms with Crippen LogP contribution in [0.1, 0.15) is 30.5 Å². The second-order valence-electron chi connectivity index (χ2n) is 5.23. The minimum atomic E-state index is -1.16. The van der Waals surface area contributed by atoms with Crippen molar-refractivity contribution in [2.75, 3.05) is 0 Å². The number of benzene rings is 1. The lowest BCUT2D eigenvalue weighted by atomic mass is 10.1. The average Bonchev–Trinajstić information content (AvgIpc) is 3.04. The van der Waals surface area contributed by atoms with Gasteiger partial charge in [0.15, 0.2) is 11.4 Å². The Hall–Kier alpha value is -1.89. The van der Waals surface area contributed by atoms with Crippen molar-refractivity contribution in [2.24, 2.45) is 0 Å². The van der Waals surface area contributed by atoms with E-state index >= 15 is 0 Å². The van der Waals surface area contributed by atoms with E-state index in [-0.39, 0.29) is 5.25 Å². The molecule has 2 heterocycles. The van der Waals surface area contributed by atoms with Gasteiger partial charge in [0.1, 0.15) is 0 Å². The normalized spacial score (nSPS) is 18.0. The summed E-state index contributed by atoms with van der Waals surface area (Å²) < 4.78 is 1.42. The van der Waals surface area contributed by atoms with Gasteiger partial charge >= 0.3 is 5.97 Å². The van der Waals surface area contributed by atoms with Crippen LogP contribution in [0.25, 0.3) is 0 Å². The molecule has 1 aliphatic rings. The highest BCUT2D eigenvalue weighted by Gasteiger charge is 2.37. The van der Waals surface area contributed by atoms with E-state index in [1.54, 1.807) is 25.6 Å². The Morgan fingerprint density at radius 2 is 2.20 bits per heavy atom. The third-order valence-electron chi connectivity index (χ3n) is 3.48. The first-order valence-corrected chi connectivity index (χ1v) is 7.15. The number of fused-ring (bicyclic) bond motifs is 1. The Morgan fingerprint density at radius 3 is 2.90 bits per heavy atom. The Morgan fingerprint density at radius 1 is 1.45 bits per heavy atom. The molecule has 1 aromatic heterocycles. The molecule has 20 heavy (non-hydrogen) atoms. The predicted octanol–water partition coefficient (Wildman–Crippen LogP) is 1.88. The predicted molar refractivity (Wildman–Crippen MR) is 73.5 cm³/mol. The Bertz CT molecular complexity index is 643. The molecule has 104 valence electrons. The van der Waals surface area contributed by atoms with Gasteiger partial charge in [0, 0.05) is 4.90 Å². The maximum Gasteiger partial charge on any atom is 0.331 e. The molecular formula is C13H14N4O2S. The lowest BCUT2D eigenvalue weighted by molar-refractivity contribution is -0.146. The smallest absolute Gasteiger partial charge is 0.331 e. The lowest BCUT2D eigenvalue weighted by Crippen LogP contribution is -2.38. The van der Waals surface area contributed by atoms with Crippen molar-refractivity contribution in [3.63, 3.8) is 0 Å². The van der Waals surface area contributed by atoms with E-state index in [0.29, 0.717) is 5.82 Å². The number of hydrogen-bond donors (Lipinski definition) is 1. The lowest BCUT2D eigenvalue weighted by Gasteiger charge is -2.21. The van der Waals surface area contributed by atoms with Crippen molar-refractivity contribution >= 4 is 17.7 Å². The molecule has 0 amide bonds. The van der Waals surface area contributed by atoms with Crippen molar-refractivity contribution in [2.45, 2.75) is 36.0 Å². The number of tetrazole rings is 1. The highest BCUT2D eigenvalue weighted by Crippen LogP contribution is 2.45. The zero-order valence-electron chi connectivity index (χ0n) is 11.1. The number of carbonyl (C=O) groups is 1. The Balaban J connectivity index is 1.95. The maximum absolute atomic E-state index is 11.4. The first-order valence-electron chi connectivity index (χ1n) is 6.27. The fraction of sp³-hybridized carbons (Fsp3) is 0.385. The summed E-state index contributed by atoms with van der Waals surface area (Å²) >= 11 is 1.68. The van der Waals surface area contributed by atoms with Crippen LogP contribution in [-0.4, -0.2) is 31.3 Å². The number of hydrogen-bond acceptors (Lipinski definition) is 5. The van der Waals surface area contributed by atoms with Crippen LogP contribution >= 0.6 is 11.8 Å². The van der Waals surface area contributed by atoms with Gasteiger partial charge in [-0.25, -0.2) is 9.48 Å². The van der Waals surface area contributed by atoms with Crippen LogP contribution in [0.15, 0.2) is 29.2 Å². The summed E-state index contributed by atoms with van der Waals surface area (Å²) in [5, 5.41) is 21.0. The van der Waals surface area contributed by atoms with Gasteiger partial charge in [-0.3, -0.25) is 0 Å². The van der Waals surface area contributed by atoms with Gasteiger partial charge in [-0.15, -0.1) is 16.9 Å². The van der Waals surface area contributed by atoms with Gasteiger partial charge in [0.2, 0.25) is 0 Å². The average molecular weight is 290 g/mol. The van der Waals surface area contributed by atoms with Crippen LogP contribution in [0.5, 0.6) is 0 Å². The van der Waals surface area contributed by atoms with E-state index in [9.17, 15) is 9.90 Å². The molecule has 0 spiro atoms. The Labute approximate surface area is 120 Å². The number of nitrogens with zero attached hydrogens (tertiary/aromatic N) is 4. The van der Waals surface area contributed by atoms with E-state index in [4.69, 9.17) is 0 Å².